The van der Waals surface area contributed by atoms with Gasteiger partial charge in [-0.2, -0.15) is 0 Å². The lowest BCUT2D eigenvalue weighted by Crippen LogP contribution is -2.30. The topological polar surface area (TPSA) is 71.6 Å². The van der Waals surface area contributed by atoms with Gasteiger partial charge in [-0.05, 0) is 38.5 Å². The van der Waals surface area contributed by atoms with E-state index in [9.17, 15) is 9.59 Å². The summed E-state index contributed by atoms with van der Waals surface area (Å²) in [6, 6.07) is 3.73. The van der Waals surface area contributed by atoms with E-state index in [0.717, 1.165) is 4.88 Å². The number of hydrogen-bond acceptors (Lipinski definition) is 5. The number of aromatic nitrogens is 1. The molecule has 0 aliphatic carbocycles. The number of carbonyl (C=O) groups excluding carboxylic acids is 2. The number of esters is 1. The molecule has 0 saturated heterocycles. The molecule has 2 aromatic rings. The minimum absolute atomic E-state index is 0.159. The van der Waals surface area contributed by atoms with E-state index in [1.807, 2.05) is 19.1 Å². The minimum atomic E-state index is -0.458. The van der Waals surface area contributed by atoms with E-state index in [2.05, 4.69) is 4.98 Å². The number of amides is 1. The Morgan fingerprint density at radius 1 is 1.27 bits per heavy atom. The maximum Gasteiger partial charge on any atom is 0.340 e. The van der Waals surface area contributed by atoms with Gasteiger partial charge in [-0.25, -0.2) is 4.79 Å². The van der Waals surface area contributed by atoms with Crippen LogP contribution in [0.15, 0.2) is 12.1 Å². The van der Waals surface area contributed by atoms with Crippen LogP contribution in [0.1, 0.15) is 43.9 Å². The van der Waals surface area contributed by atoms with Crippen LogP contribution in [0, 0.1) is 13.8 Å². The van der Waals surface area contributed by atoms with Gasteiger partial charge in [0.1, 0.15) is 12.3 Å². The first kappa shape index (κ1) is 20.5. The molecule has 0 atom stereocenters. The Labute approximate surface area is 162 Å². The summed E-state index contributed by atoms with van der Waals surface area (Å²) in [4.78, 5) is 31.0. The molecule has 0 unspecified atom stereocenters. The molecule has 2 rings (SSSR count). The molecule has 6 nitrogen and oxygen atoms in total. The largest absolute Gasteiger partial charge is 0.460 e. The van der Waals surface area contributed by atoms with Crippen LogP contribution in [0.25, 0.3) is 0 Å². The van der Waals surface area contributed by atoms with Crippen LogP contribution in [0.3, 0.4) is 0 Å². The Morgan fingerprint density at radius 3 is 2.58 bits per heavy atom. The Morgan fingerprint density at radius 2 is 2.00 bits per heavy atom. The lowest BCUT2D eigenvalue weighted by atomic mass is 10.1. The molecule has 2 aromatic heterocycles. The summed E-state index contributed by atoms with van der Waals surface area (Å²) in [6.45, 7) is 6.93. The predicted molar refractivity (Wildman–Crippen MR) is 102 cm³/mol. The summed E-state index contributed by atoms with van der Waals surface area (Å²) in [5.74, 6) is -0.617. The third-order valence-corrected chi connectivity index (χ3v) is 5.24. The summed E-state index contributed by atoms with van der Waals surface area (Å²) in [5, 5.41) is 0. The quantitative estimate of drug-likeness (QED) is 0.542. The Kier molecular flexibility index (Phi) is 7.25. The normalized spacial score (nSPS) is 10.8. The van der Waals surface area contributed by atoms with Gasteiger partial charge in [0.15, 0.2) is 0 Å². The first-order valence-corrected chi connectivity index (χ1v) is 9.47. The number of methoxy groups -OCH3 is 1. The highest BCUT2D eigenvalue weighted by Gasteiger charge is 2.25. The first-order valence-electron chi connectivity index (χ1n) is 8.27. The molecule has 26 heavy (non-hydrogen) atoms. The number of rotatable bonds is 8. The molecule has 0 spiro atoms. The number of nitrogens with zero attached hydrogens (tertiary/aromatic N) is 1. The third-order valence-electron chi connectivity index (χ3n) is 4.02. The van der Waals surface area contributed by atoms with Crippen LogP contribution in [0.5, 0.6) is 0 Å². The molecule has 0 radical (unpaired) electrons. The van der Waals surface area contributed by atoms with E-state index in [-0.39, 0.29) is 12.5 Å². The number of ether oxygens (including phenoxy) is 2. The summed E-state index contributed by atoms with van der Waals surface area (Å²) in [7, 11) is 1.54. The molecule has 8 heteroatoms. The molecular formula is C18H23ClN2O4S. The van der Waals surface area contributed by atoms with Gasteiger partial charge >= 0.3 is 5.97 Å². The highest BCUT2D eigenvalue weighted by molar-refractivity contribution is 7.16. The van der Waals surface area contributed by atoms with Crippen LogP contribution in [-0.2, 0) is 16.0 Å². The monoisotopic (exact) mass is 398 g/mol. The molecule has 142 valence electrons. The van der Waals surface area contributed by atoms with Gasteiger partial charge in [-0.1, -0.05) is 11.6 Å². The van der Waals surface area contributed by atoms with Gasteiger partial charge in [-0.15, -0.1) is 11.3 Å². The van der Waals surface area contributed by atoms with Gasteiger partial charge in [-0.3, -0.25) is 4.79 Å². The zero-order valence-corrected chi connectivity index (χ0v) is 16.9. The van der Waals surface area contributed by atoms with E-state index in [4.69, 9.17) is 21.1 Å². The molecule has 0 bridgehead atoms. The maximum atomic E-state index is 13.0. The SMILES string of the molecule is CCN(Cc1ccc(Cl)s1)C(=O)c1[nH]c(C)c(C(=O)OCCOC)c1C. The molecule has 0 aromatic carbocycles. The fraction of sp³-hybridized carbons (Fsp3) is 0.444. The number of thiophene rings is 1. The van der Waals surface area contributed by atoms with E-state index >= 15 is 0 Å². The summed E-state index contributed by atoms with van der Waals surface area (Å²) < 4.78 is 10.8. The van der Waals surface area contributed by atoms with Crippen molar-refractivity contribution in [2.45, 2.75) is 27.3 Å². The average Bonchev–Trinajstić information content (AvgIpc) is 3.14. The zero-order valence-electron chi connectivity index (χ0n) is 15.3. The van der Waals surface area contributed by atoms with Crippen molar-refractivity contribution in [2.24, 2.45) is 0 Å². The number of nitrogens with one attached hydrogen (secondary N) is 1. The van der Waals surface area contributed by atoms with Crippen LogP contribution < -0.4 is 0 Å². The number of aromatic amines is 1. The maximum absolute atomic E-state index is 13.0. The Hall–Kier alpha value is -1.83. The van der Waals surface area contributed by atoms with Gasteiger partial charge in [0.2, 0.25) is 0 Å². The highest BCUT2D eigenvalue weighted by atomic mass is 35.5. The van der Waals surface area contributed by atoms with Gasteiger partial charge in [0, 0.05) is 24.2 Å². The average molecular weight is 399 g/mol. The lowest BCUT2D eigenvalue weighted by molar-refractivity contribution is 0.0387. The number of hydrogen-bond donors (Lipinski definition) is 1. The fourth-order valence-corrected chi connectivity index (χ4v) is 3.77. The van der Waals surface area contributed by atoms with Crippen molar-refractivity contribution in [3.05, 3.63) is 43.9 Å². The Bertz CT molecular complexity index is 784. The molecule has 0 aliphatic heterocycles. The van der Waals surface area contributed by atoms with Gasteiger partial charge < -0.3 is 19.4 Å². The van der Waals surface area contributed by atoms with E-state index in [0.29, 0.717) is 46.5 Å². The molecular weight excluding hydrogens is 376 g/mol. The van der Waals surface area contributed by atoms with Crippen molar-refractivity contribution in [3.8, 4) is 0 Å². The van der Waals surface area contributed by atoms with Crippen molar-refractivity contribution in [1.82, 2.24) is 9.88 Å². The predicted octanol–water partition coefficient (Wildman–Crippen LogP) is 3.81. The molecule has 1 amide bonds. The van der Waals surface area contributed by atoms with Crippen LogP contribution >= 0.6 is 22.9 Å². The number of H-pyrrole nitrogens is 1. The highest BCUT2D eigenvalue weighted by Crippen LogP contribution is 2.25. The lowest BCUT2D eigenvalue weighted by Gasteiger charge is -2.20. The summed E-state index contributed by atoms with van der Waals surface area (Å²) in [5.41, 5.74) is 2.02. The van der Waals surface area contributed by atoms with Crippen LogP contribution in [0.4, 0.5) is 0 Å². The first-order chi connectivity index (χ1) is 12.4. The molecule has 0 aliphatic rings. The van der Waals surface area contributed by atoms with Crippen LogP contribution in [-0.4, -0.2) is 48.6 Å². The summed E-state index contributed by atoms with van der Waals surface area (Å²) >= 11 is 7.42. The molecule has 0 saturated carbocycles. The van der Waals surface area contributed by atoms with E-state index in [1.54, 1.807) is 18.7 Å². The van der Waals surface area contributed by atoms with Crippen molar-refractivity contribution < 1.29 is 19.1 Å². The van der Waals surface area contributed by atoms with Crippen molar-refractivity contribution in [1.29, 1.82) is 0 Å². The van der Waals surface area contributed by atoms with E-state index < -0.39 is 5.97 Å². The second kappa shape index (κ2) is 9.21. The smallest absolute Gasteiger partial charge is 0.340 e. The van der Waals surface area contributed by atoms with Crippen molar-refractivity contribution in [2.75, 3.05) is 26.9 Å². The Balaban J connectivity index is 2.20. The van der Waals surface area contributed by atoms with Crippen LogP contribution in [0.2, 0.25) is 4.34 Å². The molecule has 1 N–H and O–H groups in total. The van der Waals surface area contributed by atoms with Crippen molar-refractivity contribution >= 4 is 34.8 Å². The minimum Gasteiger partial charge on any atom is -0.460 e. The summed E-state index contributed by atoms with van der Waals surface area (Å²) in [6.07, 6.45) is 0. The number of halogens is 1. The second-order valence-corrected chi connectivity index (χ2v) is 7.58. The number of carbonyl (C=O) groups is 2. The second-order valence-electron chi connectivity index (χ2n) is 5.78. The zero-order chi connectivity index (χ0) is 19.3. The van der Waals surface area contributed by atoms with Gasteiger partial charge in [0.05, 0.1) is 23.1 Å². The number of aryl methyl sites for hydroxylation is 1. The fourth-order valence-electron chi connectivity index (χ4n) is 2.67. The van der Waals surface area contributed by atoms with Gasteiger partial charge in [0.25, 0.3) is 5.91 Å². The molecule has 0 fully saturated rings. The van der Waals surface area contributed by atoms with Crippen molar-refractivity contribution in [3.63, 3.8) is 0 Å². The molecule has 2 heterocycles. The third kappa shape index (κ3) is 4.66. The standard InChI is InChI=1S/C18H23ClN2O4S/c1-5-21(10-13-6-7-14(19)26-13)17(22)16-11(2)15(12(3)20-16)18(23)25-9-8-24-4/h6-7,20H,5,8-10H2,1-4H3. The van der Waals surface area contributed by atoms with E-state index in [1.165, 1.54) is 18.4 Å².